The van der Waals surface area contributed by atoms with Gasteiger partial charge in [-0.2, -0.15) is 0 Å². The highest BCUT2D eigenvalue weighted by atomic mass is 35.5. The molecule has 1 aromatic carbocycles. The van der Waals surface area contributed by atoms with Crippen LogP contribution < -0.4 is 5.32 Å². The third-order valence-corrected chi connectivity index (χ3v) is 4.64. The molecule has 1 aliphatic rings. The van der Waals surface area contributed by atoms with Gasteiger partial charge in [-0.05, 0) is 61.9 Å². The van der Waals surface area contributed by atoms with E-state index in [9.17, 15) is 0 Å². The van der Waals surface area contributed by atoms with E-state index < -0.39 is 0 Å². The van der Waals surface area contributed by atoms with Gasteiger partial charge in [-0.15, -0.1) is 11.6 Å². The van der Waals surface area contributed by atoms with E-state index in [0.717, 1.165) is 24.5 Å². The molecule has 1 aromatic heterocycles. The Hall–Kier alpha value is -1.12. The molecule has 0 radical (unpaired) electrons. The first-order valence-electron chi connectivity index (χ1n) is 7.50. The van der Waals surface area contributed by atoms with Crippen LogP contribution >= 0.6 is 11.6 Å². The second kappa shape index (κ2) is 6.55. The number of halogens is 1. The predicted molar refractivity (Wildman–Crippen MR) is 85.0 cm³/mol. The Morgan fingerprint density at radius 1 is 1.15 bits per heavy atom. The van der Waals surface area contributed by atoms with Gasteiger partial charge in [-0.1, -0.05) is 12.1 Å². The Balaban J connectivity index is 1.52. The lowest BCUT2D eigenvalue weighted by atomic mass is 9.89. The van der Waals surface area contributed by atoms with Gasteiger partial charge in [-0.25, -0.2) is 0 Å². The van der Waals surface area contributed by atoms with Gasteiger partial charge in [0.15, 0.2) is 0 Å². The smallest absolute Gasteiger partial charge is 0.0702 e. The van der Waals surface area contributed by atoms with E-state index in [1.165, 1.54) is 36.6 Å². The molecule has 3 rings (SSSR count). The fourth-order valence-corrected chi connectivity index (χ4v) is 3.23. The second-order valence-corrected chi connectivity index (χ2v) is 6.40. The lowest BCUT2D eigenvalue weighted by Crippen LogP contribution is -2.26. The zero-order valence-electron chi connectivity index (χ0n) is 11.7. The van der Waals surface area contributed by atoms with Gasteiger partial charge >= 0.3 is 0 Å². The molecule has 0 aliphatic heterocycles. The van der Waals surface area contributed by atoms with E-state index >= 15 is 0 Å². The number of aromatic nitrogens is 1. The Kier molecular flexibility index (Phi) is 4.54. The summed E-state index contributed by atoms with van der Waals surface area (Å²) in [6.45, 7) is 2.04. The highest BCUT2D eigenvalue weighted by Gasteiger charge is 2.18. The van der Waals surface area contributed by atoms with E-state index in [0.29, 0.717) is 5.38 Å². The van der Waals surface area contributed by atoms with Crippen LogP contribution in [0.25, 0.3) is 10.9 Å². The maximum absolute atomic E-state index is 6.14. The number of rotatable bonds is 4. The summed E-state index contributed by atoms with van der Waals surface area (Å²) in [6.07, 6.45) is 6.73. The Bertz CT molecular complexity index is 562. The van der Waals surface area contributed by atoms with Crippen molar-refractivity contribution in [2.45, 2.75) is 37.6 Å². The van der Waals surface area contributed by atoms with Gasteiger partial charge in [0, 0.05) is 23.5 Å². The number of hydrogen-bond donors (Lipinski definition) is 1. The topological polar surface area (TPSA) is 24.9 Å². The molecule has 20 heavy (non-hydrogen) atoms. The molecule has 1 saturated carbocycles. The van der Waals surface area contributed by atoms with E-state index in [4.69, 9.17) is 11.6 Å². The van der Waals surface area contributed by atoms with Crippen molar-refractivity contribution in [3.8, 4) is 0 Å². The fraction of sp³-hybridized carbons (Fsp3) is 0.471. The molecule has 0 amide bonds. The van der Waals surface area contributed by atoms with Gasteiger partial charge < -0.3 is 5.32 Å². The van der Waals surface area contributed by atoms with E-state index in [1.54, 1.807) is 0 Å². The predicted octanol–water partition coefficient (Wildman–Crippen LogP) is 4.12. The molecule has 106 valence electrons. The number of benzene rings is 1. The summed E-state index contributed by atoms with van der Waals surface area (Å²) in [5, 5.41) is 5.22. The van der Waals surface area contributed by atoms with Crippen molar-refractivity contribution in [3.05, 3.63) is 42.1 Å². The lowest BCUT2D eigenvalue weighted by Gasteiger charge is -2.25. The van der Waals surface area contributed by atoms with E-state index in [1.807, 2.05) is 12.3 Å². The SMILES string of the molecule is ClC1CCC(CNCc2ccc3ncccc3c2)CC1. The minimum Gasteiger partial charge on any atom is -0.312 e. The van der Waals surface area contributed by atoms with Gasteiger partial charge in [0.1, 0.15) is 0 Å². The highest BCUT2D eigenvalue weighted by Crippen LogP contribution is 2.27. The molecule has 2 nitrogen and oxygen atoms in total. The van der Waals surface area contributed by atoms with Crippen molar-refractivity contribution in [3.63, 3.8) is 0 Å². The fourth-order valence-electron chi connectivity index (χ4n) is 2.98. The van der Waals surface area contributed by atoms with E-state index in [-0.39, 0.29) is 0 Å². The molecule has 1 N–H and O–H groups in total. The van der Waals surface area contributed by atoms with Crippen molar-refractivity contribution >= 4 is 22.5 Å². The summed E-state index contributed by atoms with van der Waals surface area (Å²) in [4.78, 5) is 4.35. The monoisotopic (exact) mass is 288 g/mol. The number of nitrogens with one attached hydrogen (secondary N) is 1. The average Bonchev–Trinajstić information content (AvgIpc) is 2.49. The highest BCUT2D eigenvalue weighted by molar-refractivity contribution is 6.20. The molecular weight excluding hydrogens is 268 g/mol. The van der Waals surface area contributed by atoms with Crippen LogP contribution in [-0.4, -0.2) is 16.9 Å². The first-order chi connectivity index (χ1) is 9.81. The number of hydrogen-bond acceptors (Lipinski definition) is 2. The van der Waals surface area contributed by atoms with Crippen LogP contribution in [0.15, 0.2) is 36.5 Å². The van der Waals surface area contributed by atoms with Crippen LogP contribution in [-0.2, 0) is 6.54 Å². The first-order valence-corrected chi connectivity index (χ1v) is 7.93. The maximum atomic E-state index is 6.14. The second-order valence-electron chi connectivity index (χ2n) is 5.78. The molecule has 2 aromatic rings. The quantitative estimate of drug-likeness (QED) is 0.856. The van der Waals surface area contributed by atoms with Crippen LogP contribution in [0.1, 0.15) is 31.2 Å². The average molecular weight is 289 g/mol. The third kappa shape index (κ3) is 3.50. The van der Waals surface area contributed by atoms with E-state index in [2.05, 4.69) is 34.6 Å². The van der Waals surface area contributed by atoms with Gasteiger partial charge in [0.25, 0.3) is 0 Å². The molecule has 0 unspecified atom stereocenters. The van der Waals surface area contributed by atoms with Crippen LogP contribution in [0.2, 0.25) is 0 Å². The summed E-state index contributed by atoms with van der Waals surface area (Å²) in [6, 6.07) is 10.6. The molecule has 0 bridgehead atoms. The Morgan fingerprint density at radius 2 is 2.00 bits per heavy atom. The van der Waals surface area contributed by atoms with Gasteiger partial charge in [0.2, 0.25) is 0 Å². The summed E-state index contributed by atoms with van der Waals surface area (Å²) in [7, 11) is 0. The Morgan fingerprint density at radius 3 is 2.85 bits per heavy atom. The molecule has 1 aliphatic carbocycles. The number of alkyl halides is 1. The van der Waals surface area contributed by atoms with Crippen molar-refractivity contribution in [1.29, 1.82) is 0 Å². The molecule has 3 heteroatoms. The molecule has 0 spiro atoms. The van der Waals surface area contributed by atoms with Crippen LogP contribution in [0, 0.1) is 5.92 Å². The summed E-state index contributed by atoms with van der Waals surface area (Å²) in [5.74, 6) is 0.798. The number of pyridine rings is 1. The van der Waals surface area contributed by atoms with Crippen molar-refractivity contribution < 1.29 is 0 Å². The Labute approximate surface area is 125 Å². The van der Waals surface area contributed by atoms with Crippen molar-refractivity contribution in [2.24, 2.45) is 5.92 Å². The maximum Gasteiger partial charge on any atom is 0.0702 e. The molecular formula is C17H21ClN2. The third-order valence-electron chi connectivity index (χ3n) is 4.21. The summed E-state index contributed by atoms with van der Waals surface area (Å²) in [5.41, 5.74) is 2.40. The summed E-state index contributed by atoms with van der Waals surface area (Å²) >= 11 is 6.14. The molecule has 0 saturated heterocycles. The normalized spacial score (nSPS) is 23.1. The van der Waals surface area contributed by atoms with Gasteiger partial charge in [-0.3, -0.25) is 4.98 Å². The molecule has 1 fully saturated rings. The van der Waals surface area contributed by atoms with Crippen molar-refractivity contribution in [1.82, 2.24) is 10.3 Å². The van der Waals surface area contributed by atoms with Crippen molar-refractivity contribution in [2.75, 3.05) is 6.54 Å². The number of fused-ring (bicyclic) bond motifs is 1. The van der Waals surface area contributed by atoms with Crippen LogP contribution in [0.3, 0.4) is 0 Å². The largest absolute Gasteiger partial charge is 0.312 e. The zero-order chi connectivity index (χ0) is 13.8. The molecule has 1 heterocycles. The van der Waals surface area contributed by atoms with Crippen LogP contribution in [0.4, 0.5) is 0 Å². The van der Waals surface area contributed by atoms with Crippen LogP contribution in [0.5, 0.6) is 0 Å². The number of nitrogens with zero attached hydrogens (tertiary/aromatic N) is 1. The minimum absolute atomic E-state index is 0.416. The first kappa shape index (κ1) is 13.8. The zero-order valence-corrected chi connectivity index (χ0v) is 12.4. The molecule has 0 atom stereocenters. The lowest BCUT2D eigenvalue weighted by molar-refractivity contribution is 0.345. The standard InChI is InChI=1S/C17H21ClN2/c18-16-6-3-13(4-7-16)11-19-12-14-5-8-17-15(10-14)2-1-9-20-17/h1-2,5,8-10,13,16,19H,3-4,6-7,11-12H2. The summed E-state index contributed by atoms with van der Waals surface area (Å²) < 4.78 is 0. The van der Waals surface area contributed by atoms with Gasteiger partial charge in [0.05, 0.1) is 5.52 Å². The minimum atomic E-state index is 0.416.